The summed E-state index contributed by atoms with van der Waals surface area (Å²) in [5, 5.41) is 10.1. The Morgan fingerprint density at radius 3 is 2.60 bits per heavy atom. The summed E-state index contributed by atoms with van der Waals surface area (Å²) in [5.41, 5.74) is 2.31. The van der Waals surface area contributed by atoms with Gasteiger partial charge in [0, 0.05) is 0 Å². The molecule has 0 bridgehead atoms. The van der Waals surface area contributed by atoms with Gasteiger partial charge in [-0.3, -0.25) is 0 Å². The summed E-state index contributed by atoms with van der Waals surface area (Å²) in [5.74, 6) is 0.891. The zero-order valence-corrected chi connectivity index (χ0v) is 12.9. The average Bonchev–Trinajstić information content (AvgIpc) is 2.42. The molecule has 2 rings (SSSR count). The minimum Gasteiger partial charge on any atom is -0.490 e. The molecule has 0 aromatic heterocycles. The summed E-state index contributed by atoms with van der Waals surface area (Å²) in [7, 11) is 2.23. The molecule has 1 atom stereocenters. The van der Waals surface area contributed by atoms with E-state index in [1.54, 1.807) is 4.90 Å². The van der Waals surface area contributed by atoms with Crippen molar-refractivity contribution in [3.05, 3.63) is 29.3 Å². The molecule has 0 amide bonds. The molecule has 1 aliphatic heterocycles. The zero-order chi connectivity index (χ0) is 14.5. The number of hydrogen-bond donors (Lipinski definition) is 3. The molecule has 4 heteroatoms. The van der Waals surface area contributed by atoms with Crippen LogP contribution in [0.4, 0.5) is 0 Å². The molecule has 20 heavy (non-hydrogen) atoms. The third-order valence-corrected chi connectivity index (χ3v) is 4.11. The Morgan fingerprint density at radius 2 is 1.90 bits per heavy atom. The maximum Gasteiger partial charge on any atom is 0.137 e. The number of hydrogen-bond acceptors (Lipinski definition) is 2. The smallest absolute Gasteiger partial charge is 0.137 e. The number of aryl methyl sites for hydroxylation is 2. The van der Waals surface area contributed by atoms with Crippen molar-refractivity contribution in [3.8, 4) is 5.75 Å². The average molecular weight is 280 g/mol. The second-order valence-corrected chi connectivity index (χ2v) is 6.15. The number of rotatable bonds is 5. The van der Waals surface area contributed by atoms with Crippen LogP contribution in [-0.4, -0.2) is 57.6 Å². The Morgan fingerprint density at radius 1 is 1.20 bits per heavy atom. The fraction of sp³-hybridized carbons (Fsp3) is 0.625. The van der Waals surface area contributed by atoms with Crippen LogP contribution in [-0.2, 0) is 0 Å². The lowest BCUT2D eigenvalue weighted by Gasteiger charge is -2.28. The summed E-state index contributed by atoms with van der Waals surface area (Å²) in [6.45, 7) is 9.95. The molecule has 1 aromatic rings. The highest BCUT2D eigenvalue weighted by Crippen LogP contribution is 2.19. The lowest BCUT2D eigenvalue weighted by Crippen LogP contribution is -3.27. The van der Waals surface area contributed by atoms with Gasteiger partial charge in [-0.2, -0.15) is 0 Å². The van der Waals surface area contributed by atoms with Crippen molar-refractivity contribution in [2.24, 2.45) is 0 Å². The molecular formula is C16H28N2O2+2. The topological polar surface area (TPSA) is 38.3 Å². The molecule has 1 saturated heterocycles. The van der Waals surface area contributed by atoms with Gasteiger partial charge in [-0.1, -0.05) is 12.1 Å². The molecule has 1 aliphatic rings. The molecule has 0 radical (unpaired) electrons. The quantitative estimate of drug-likeness (QED) is 0.611. The minimum absolute atomic E-state index is 0.385. The van der Waals surface area contributed by atoms with E-state index in [0.29, 0.717) is 6.61 Å². The maximum absolute atomic E-state index is 10.1. The molecule has 1 heterocycles. The standard InChI is InChI=1S/C16H26N2O2/c1-13-4-5-14(2)16(10-13)20-12-15(19)11-18-8-6-17(3)7-9-18/h4-5,10,15,19H,6-9,11-12H2,1-3H3/p+2/t15-/m1/s1. The fourth-order valence-electron chi connectivity index (χ4n) is 2.68. The van der Waals surface area contributed by atoms with Crippen molar-refractivity contribution in [3.63, 3.8) is 0 Å². The minimum atomic E-state index is -0.386. The number of benzene rings is 1. The Balaban J connectivity index is 1.77. The van der Waals surface area contributed by atoms with Gasteiger partial charge in [-0.05, 0) is 31.0 Å². The number of nitrogens with one attached hydrogen (secondary N) is 2. The van der Waals surface area contributed by atoms with E-state index >= 15 is 0 Å². The number of piperazine rings is 1. The van der Waals surface area contributed by atoms with Gasteiger partial charge in [0.2, 0.25) is 0 Å². The molecule has 112 valence electrons. The number of quaternary nitrogens is 2. The highest BCUT2D eigenvalue weighted by Gasteiger charge is 2.22. The van der Waals surface area contributed by atoms with Gasteiger partial charge in [-0.15, -0.1) is 0 Å². The van der Waals surface area contributed by atoms with Gasteiger partial charge in [0.1, 0.15) is 51.2 Å². The largest absolute Gasteiger partial charge is 0.490 e. The highest BCUT2D eigenvalue weighted by atomic mass is 16.5. The van der Waals surface area contributed by atoms with Crippen LogP contribution >= 0.6 is 0 Å². The maximum atomic E-state index is 10.1. The summed E-state index contributed by atoms with van der Waals surface area (Å²) in [6, 6.07) is 6.18. The van der Waals surface area contributed by atoms with Crippen LogP contribution in [0.15, 0.2) is 18.2 Å². The second-order valence-electron chi connectivity index (χ2n) is 6.15. The van der Waals surface area contributed by atoms with Crippen molar-refractivity contribution in [1.82, 2.24) is 0 Å². The second kappa shape index (κ2) is 7.07. The van der Waals surface area contributed by atoms with E-state index in [1.165, 1.54) is 23.6 Å². The van der Waals surface area contributed by atoms with Crippen molar-refractivity contribution in [2.75, 3.05) is 46.4 Å². The first-order valence-corrected chi connectivity index (χ1v) is 7.57. The van der Waals surface area contributed by atoms with Crippen LogP contribution in [0.2, 0.25) is 0 Å². The monoisotopic (exact) mass is 280 g/mol. The Labute approximate surface area is 122 Å². The van der Waals surface area contributed by atoms with Crippen LogP contribution in [0.25, 0.3) is 0 Å². The first-order valence-electron chi connectivity index (χ1n) is 7.57. The SMILES string of the molecule is Cc1ccc(C)c(OC[C@H](O)C[NH+]2CC[NH+](C)CC2)c1. The summed E-state index contributed by atoms with van der Waals surface area (Å²) < 4.78 is 5.77. The predicted octanol–water partition coefficient (Wildman–Crippen LogP) is -1.54. The fourth-order valence-corrected chi connectivity index (χ4v) is 2.68. The van der Waals surface area contributed by atoms with Gasteiger partial charge in [0.15, 0.2) is 0 Å². The van der Waals surface area contributed by atoms with Crippen LogP contribution in [0.1, 0.15) is 11.1 Å². The Bertz CT molecular complexity index is 428. The first-order chi connectivity index (χ1) is 9.54. The lowest BCUT2D eigenvalue weighted by atomic mass is 10.1. The number of aliphatic hydroxyl groups is 1. The Kier molecular flexibility index (Phi) is 5.40. The van der Waals surface area contributed by atoms with E-state index in [2.05, 4.69) is 26.1 Å². The van der Waals surface area contributed by atoms with Gasteiger partial charge < -0.3 is 19.6 Å². The van der Waals surface area contributed by atoms with E-state index in [0.717, 1.165) is 30.9 Å². The summed E-state index contributed by atoms with van der Waals surface area (Å²) >= 11 is 0. The molecule has 4 nitrogen and oxygen atoms in total. The molecule has 0 aliphatic carbocycles. The van der Waals surface area contributed by atoms with Crippen molar-refractivity contribution >= 4 is 0 Å². The van der Waals surface area contributed by atoms with E-state index in [4.69, 9.17) is 4.74 Å². The molecule has 0 spiro atoms. The van der Waals surface area contributed by atoms with Crippen molar-refractivity contribution < 1.29 is 19.6 Å². The van der Waals surface area contributed by atoms with Crippen LogP contribution in [0.5, 0.6) is 5.75 Å². The normalized spacial score (nSPS) is 24.4. The molecule has 0 unspecified atom stereocenters. The van der Waals surface area contributed by atoms with Crippen molar-refractivity contribution in [2.45, 2.75) is 20.0 Å². The first kappa shape index (κ1) is 15.3. The number of likely N-dealkylation sites (N-methyl/N-ethyl adjacent to an activating group) is 1. The number of ether oxygens (including phenoxy) is 1. The van der Waals surface area contributed by atoms with Gasteiger partial charge in [0.05, 0.1) is 7.05 Å². The van der Waals surface area contributed by atoms with Gasteiger partial charge in [0.25, 0.3) is 0 Å². The third kappa shape index (κ3) is 4.47. The summed E-state index contributed by atoms with van der Waals surface area (Å²) in [6.07, 6.45) is -0.386. The lowest BCUT2D eigenvalue weighted by molar-refractivity contribution is -1.00. The number of aliphatic hydroxyl groups excluding tert-OH is 1. The van der Waals surface area contributed by atoms with Gasteiger partial charge >= 0.3 is 0 Å². The molecule has 0 saturated carbocycles. The molecular weight excluding hydrogens is 252 g/mol. The summed E-state index contributed by atoms with van der Waals surface area (Å²) in [4.78, 5) is 3.09. The van der Waals surface area contributed by atoms with Gasteiger partial charge in [-0.25, -0.2) is 0 Å². The molecule has 3 N–H and O–H groups in total. The predicted molar refractivity (Wildman–Crippen MR) is 79.6 cm³/mol. The Hall–Kier alpha value is -1.10. The van der Waals surface area contributed by atoms with E-state index in [1.807, 2.05) is 13.0 Å². The van der Waals surface area contributed by atoms with E-state index in [-0.39, 0.29) is 6.10 Å². The zero-order valence-electron chi connectivity index (χ0n) is 12.9. The highest BCUT2D eigenvalue weighted by molar-refractivity contribution is 5.35. The molecule has 1 fully saturated rings. The third-order valence-electron chi connectivity index (χ3n) is 4.11. The van der Waals surface area contributed by atoms with E-state index in [9.17, 15) is 5.11 Å². The van der Waals surface area contributed by atoms with Crippen molar-refractivity contribution in [1.29, 1.82) is 0 Å². The van der Waals surface area contributed by atoms with Crippen LogP contribution in [0.3, 0.4) is 0 Å². The van der Waals surface area contributed by atoms with Crippen LogP contribution in [0, 0.1) is 13.8 Å². The molecule has 1 aromatic carbocycles. The van der Waals surface area contributed by atoms with Crippen LogP contribution < -0.4 is 14.5 Å². The van der Waals surface area contributed by atoms with E-state index < -0.39 is 0 Å².